The van der Waals surface area contributed by atoms with Gasteiger partial charge in [0.15, 0.2) is 18.5 Å². The van der Waals surface area contributed by atoms with Crippen LogP contribution in [0.15, 0.2) is 76.1 Å². The Morgan fingerprint density at radius 2 is 1.65 bits per heavy atom. The quantitative estimate of drug-likeness (QED) is 0.481. The molecule has 1 aliphatic rings. The first kappa shape index (κ1) is 23.6. The van der Waals surface area contributed by atoms with Crippen molar-refractivity contribution in [2.75, 3.05) is 12.3 Å². The van der Waals surface area contributed by atoms with Crippen molar-refractivity contribution in [2.24, 2.45) is 0 Å². The molecular formula is C23H19BrFN3O6. The Kier molecular flexibility index (Phi) is 7.03. The minimum Gasteiger partial charge on any atom is -0.459 e. The molecule has 1 saturated heterocycles. The molecule has 0 bridgehead atoms. The number of hydrogen-bond donors (Lipinski definition) is 1. The first-order valence-corrected chi connectivity index (χ1v) is 11.0. The van der Waals surface area contributed by atoms with Crippen LogP contribution in [-0.2, 0) is 14.2 Å². The molecular weight excluding hydrogens is 513 g/mol. The number of rotatable bonds is 6. The zero-order chi connectivity index (χ0) is 24.2. The number of esters is 2. The molecule has 1 aromatic heterocycles. The maximum atomic E-state index is 15.5. The van der Waals surface area contributed by atoms with E-state index in [0.717, 1.165) is 4.57 Å². The van der Waals surface area contributed by atoms with E-state index < -0.39 is 48.8 Å². The van der Waals surface area contributed by atoms with Gasteiger partial charge in [-0.25, -0.2) is 18.8 Å². The minimum atomic E-state index is -1.97. The second-order valence-corrected chi connectivity index (χ2v) is 8.23. The number of nitrogen functional groups attached to an aromatic ring is 1. The van der Waals surface area contributed by atoms with Crippen LogP contribution in [0.3, 0.4) is 0 Å². The van der Waals surface area contributed by atoms with Crippen LogP contribution in [0, 0.1) is 0 Å². The summed E-state index contributed by atoms with van der Waals surface area (Å²) in [4.78, 5) is 40.9. The summed E-state index contributed by atoms with van der Waals surface area (Å²) in [6, 6.07) is 16.2. The summed E-state index contributed by atoms with van der Waals surface area (Å²) in [6.45, 7) is -0.421. The highest BCUT2D eigenvalue weighted by Crippen LogP contribution is 2.34. The Morgan fingerprint density at radius 1 is 1.06 bits per heavy atom. The van der Waals surface area contributed by atoms with E-state index in [0.29, 0.717) is 0 Å². The molecule has 2 aromatic carbocycles. The van der Waals surface area contributed by atoms with Gasteiger partial charge in [0.05, 0.1) is 15.6 Å². The third-order valence-corrected chi connectivity index (χ3v) is 5.73. The van der Waals surface area contributed by atoms with Gasteiger partial charge in [-0.05, 0) is 40.2 Å². The smallest absolute Gasteiger partial charge is 0.351 e. The van der Waals surface area contributed by atoms with Crippen molar-refractivity contribution in [1.82, 2.24) is 9.55 Å². The lowest BCUT2D eigenvalue weighted by Gasteiger charge is -2.19. The highest BCUT2D eigenvalue weighted by Gasteiger charge is 2.49. The molecule has 34 heavy (non-hydrogen) atoms. The van der Waals surface area contributed by atoms with Gasteiger partial charge >= 0.3 is 17.6 Å². The van der Waals surface area contributed by atoms with Crippen molar-refractivity contribution in [3.63, 3.8) is 0 Å². The maximum absolute atomic E-state index is 15.5. The van der Waals surface area contributed by atoms with Gasteiger partial charge in [-0.3, -0.25) is 4.57 Å². The molecule has 3 aromatic rings. The van der Waals surface area contributed by atoms with Crippen LogP contribution in [0.2, 0.25) is 0 Å². The number of halogens is 2. The average Bonchev–Trinajstić information content (AvgIpc) is 3.15. The molecule has 2 N–H and O–H groups in total. The van der Waals surface area contributed by atoms with Gasteiger partial charge in [0.2, 0.25) is 0 Å². The number of aromatic nitrogens is 2. The predicted octanol–water partition coefficient (Wildman–Crippen LogP) is 2.91. The molecule has 1 fully saturated rings. The lowest BCUT2D eigenvalue weighted by molar-refractivity contribution is -0.0592. The second kappa shape index (κ2) is 10.1. The number of benzene rings is 2. The summed E-state index contributed by atoms with van der Waals surface area (Å²) in [6.07, 6.45) is -4.89. The van der Waals surface area contributed by atoms with Crippen molar-refractivity contribution in [2.45, 2.75) is 24.6 Å². The van der Waals surface area contributed by atoms with E-state index in [1.165, 1.54) is 18.3 Å². The number of alkyl halides is 1. The maximum Gasteiger partial charge on any atom is 0.351 e. The van der Waals surface area contributed by atoms with Crippen molar-refractivity contribution < 1.29 is 28.2 Å². The molecule has 4 unspecified atom stereocenters. The van der Waals surface area contributed by atoms with E-state index in [9.17, 15) is 14.4 Å². The van der Waals surface area contributed by atoms with E-state index >= 15 is 4.39 Å². The van der Waals surface area contributed by atoms with Crippen molar-refractivity contribution >= 4 is 33.7 Å². The van der Waals surface area contributed by atoms with Gasteiger partial charge in [0.25, 0.3) is 0 Å². The van der Waals surface area contributed by atoms with Crippen LogP contribution in [0.1, 0.15) is 26.9 Å². The molecule has 2 heterocycles. The van der Waals surface area contributed by atoms with Gasteiger partial charge < -0.3 is 19.9 Å². The molecule has 0 saturated carbocycles. The zero-order valence-electron chi connectivity index (χ0n) is 17.5. The SMILES string of the molecule is Nc1nc(=O)n(C2OC(COC(=O)c3ccccc3)C(OC(=O)c3ccccc3)C2F)cc1Br. The van der Waals surface area contributed by atoms with Crippen molar-refractivity contribution in [3.05, 3.63) is 92.9 Å². The third kappa shape index (κ3) is 5.00. The monoisotopic (exact) mass is 531 g/mol. The fraction of sp³-hybridized carbons (Fsp3) is 0.217. The summed E-state index contributed by atoms with van der Waals surface area (Å²) in [5.41, 5.74) is 5.24. The Labute approximate surface area is 201 Å². The van der Waals surface area contributed by atoms with E-state index in [1.54, 1.807) is 48.5 Å². The molecule has 4 atom stereocenters. The topological polar surface area (TPSA) is 123 Å². The average molecular weight is 532 g/mol. The molecule has 0 aliphatic carbocycles. The lowest BCUT2D eigenvalue weighted by Crippen LogP contribution is -2.37. The summed E-state index contributed by atoms with van der Waals surface area (Å²) in [5.74, 6) is -1.53. The van der Waals surface area contributed by atoms with Gasteiger partial charge in [-0.1, -0.05) is 36.4 Å². The molecule has 0 radical (unpaired) electrons. The van der Waals surface area contributed by atoms with E-state index in [1.807, 2.05) is 0 Å². The molecule has 11 heteroatoms. The van der Waals surface area contributed by atoms with Gasteiger partial charge in [0, 0.05) is 6.20 Å². The highest BCUT2D eigenvalue weighted by molar-refractivity contribution is 9.10. The predicted molar refractivity (Wildman–Crippen MR) is 122 cm³/mol. The van der Waals surface area contributed by atoms with Crippen molar-refractivity contribution in [3.8, 4) is 0 Å². The second-order valence-electron chi connectivity index (χ2n) is 7.37. The Bertz CT molecular complexity index is 1240. The number of anilines is 1. The summed E-state index contributed by atoms with van der Waals surface area (Å²) in [7, 11) is 0. The number of carbonyl (C=O) groups is 2. The number of ether oxygens (including phenoxy) is 3. The fourth-order valence-electron chi connectivity index (χ4n) is 3.41. The van der Waals surface area contributed by atoms with Crippen LogP contribution in [-0.4, -0.2) is 46.5 Å². The largest absolute Gasteiger partial charge is 0.459 e. The van der Waals surface area contributed by atoms with E-state index in [-0.39, 0.29) is 21.4 Å². The fourth-order valence-corrected chi connectivity index (χ4v) is 3.72. The zero-order valence-corrected chi connectivity index (χ0v) is 19.1. The highest BCUT2D eigenvalue weighted by atomic mass is 79.9. The number of hydrogen-bond acceptors (Lipinski definition) is 8. The number of nitrogens with two attached hydrogens (primary N) is 1. The molecule has 176 valence electrons. The van der Waals surface area contributed by atoms with Crippen molar-refractivity contribution in [1.29, 1.82) is 0 Å². The van der Waals surface area contributed by atoms with Crippen LogP contribution in [0.25, 0.3) is 0 Å². The molecule has 0 spiro atoms. The standard InChI is InChI=1S/C23H19BrFN3O6/c24-15-11-28(23(31)27-19(15)26)20-17(25)18(34-22(30)14-9-5-2-6-10-14)16(33-20)12-32-21(29)13-7-3-1-4-8-13/h1-11,16-18,20H,12H2,(H2,26,27,31). The summed E-state index contributed by atoms with van der Waals surface area (Å²) < 4.78 is 33.1. The van der Waals surface area contributed by atoms with E-state index in [4.69, 9.17) is 19.9 Å². The molecule has 1 aliphatic heterocycles. The van der Waals surface area contributed by atoms with Gasteiger partial charge in [-0.15, -0.1) is 0 Å². The first-order chi connectivity index (χ1) is 16.3. The van der Waals surface area contributed by atoms with Gasteiger partial charge in [0.1, 0.15) is 18.5 Å². The number of nitrogens with zero attached hydrogens (tertiary/aromatic N) is 2. The van der Waals surface area contributed by atoms with Crippen LogP contribution >= 0.6 is 15.9 Å². The van der Waals surface area contributed by atoms with E-state index in [2.05, 4.69) is 20.9 Å². The Balaban J connectivity index is 1.58. The van der Waals surface area contributed by atoms with Crippen LogP contribution in [0.5, 0.6) is 0 Å². The van der Waals surface area contributed by atoms with Crippen LogP contribution in [0.4, 0.5) is 10.2 Å². The summed E-state index contributed by atoms with van der Waals surface area (Å²) in [5, 5.41) is 0. The molecule has 4 rings (SSSR count). The molecule has 0 amide bonds. The minimum absolute atomic E-state index is 0.0740. The van der Waals surface area contributed by atoms with Crippen LogP contribution < -0.4 is 11.4 Å². The normalized spacial score (nSPS) is 21.7. The third-order valence-electron chi connectivity index (χ3n) is 5.12. The lowest BCUT2D eigenvalue weighted by atomic mass is 10.1. The Hall–Kier alpha value is -3.57. The first-order valence-electron chi connectivity index (χ1n) is 10.2. The Morgan fingerprint density at radius 3 is 2.26 bits per heavy atom. The molecule has 9 nitrogen and oxygen atoms in total. The number of carbonyl (C=O) groups excluding carboxylic acids is 2. The summed E-state index contributed by atoms with van der Waals surface area (Å²) >= 11 is 3.14. The van der Waals surface area contributed by atoms with Gasteiger partial charge in [-0.2, -0.15) is 4.98 Å².